The molecule has 1 aliphatic carbocycles. The highest BCUT2D eigenvalue weighted by Crippen LogP contribution is 2.39. The highest BCUT2D eigenvalue weighted by molar-refractivity contribution is 6.26. The molecule has 10 heteroatoms. The lowest BCUT2D eigenvalue weighted by molar-refractivity contribution is -0.137. The Labute approximate surface area is 231 Å². The van der Waals surface area contributed by atoms with Gasteiger partial charge in [-0.2, -0.15) is 0 Å². The predicted molar refractivity (Wildman–Crippen MR) is 151 cm³/mol. The first kappa shape index (κ1) is 28.5. The van der Waals surface area contributed by atoms with Crippen molar-refractivity contribution in [2.45, 2.75) is 65.0 Å². The molecular weight excluding hydrogens is 514 g/mol. The number of carboxylic acid groups (broad SMARTS) is 1. The molecule has 3 aromatic rings. The average Bonchev–Trinajstić information content (AvgIpc) is 3.17. The molecule has 3 N–H and O–H groups in total. The van der Waals surface area contributed by atoms with Crippen molar-refractivity contribution in [1.82, 2.24) is 9.88 Å². The van der Waals surface area contributed by atoms with Crippen LogP contribution in [0.3, 0.4) is 0 Å². The summed E-state index contributed by atoms with van der Waals surface area (Å²) in [5, 5.41) is 15.0. The first-order valence-corrected chi connectivity index (χ1v) is 13.3. The lowest BCUT2D eigenvalue weighted by atomic mass is 10.0. The summed E-state index contributed by atoms with van der Waals surface area (Å²) in [6.45, 7) is 5.83. The SMILES string of the molecule is CC(C)(C)OC(=O)NCCCn1c2c(c3ccc(NC(=O)CCCCC(=O)O)cc3c1=O)C(=O)c1ccccc1-2. The summed E-state index contributed by atoms with van der Waals surface area (Å²) in [6, 6.07) is 12.1. The van der Waals surface area contributed by atoms with Gasteiger partial charge in [-0.3, -0.25) is 19.2 Å². The van der Waals surface area contributed by atoms with Crippen molar-refractivity contribution in [2.24, 2.45) is 0 Å². The number of amides is 2. The Morgan fingerprint density at radius 1 is 0.925 bits per heavy atom. The van der Waals surface area contributed by atoms with E-state index in [4.69, 9.17) is 9.84 Å². The number of carbonyl (C=O) groups excluding carboxylic acids is 3. The number of hydrogen-bond acceptors (Lipinski definition) is 6. The lowest BCUT2D eigenvalue weighted by Gasteiger charge is -2.20. The van der Waals surface area contributed by atoms with Crippen molar-refractivity contribution in [3.05, 3.63) is 63.9 Å². The van der Waals surface area contributed by atoms with Crippen LogP contribution in [0.25, 0.3) is 22.0 Å². The van der Waals surface area contributed by atoms with Gasteiger partial charge < -0.3 is 25.0 Å². The van der Waals surface area contributed by atoms with E-state index in [1.54, 1.807) is 55.7 Å². The number of ketones is 1. The molecule has 0 unspecified atom stereocenters. The van der Waals surface area contributed by atoms with Gasteiger partial charge in [-0.05, 0) is 52.2 Å². The Morgan fingerprint density at radius 2 is 1.62 bits per heavy atom. The number of carbonyl (C=O) groups is 4. The third-order valence-corrected chi connectivity index (χ3v) is 6.48. The van der Waals surface area contributed by atoms with Crippen molar-refractivity contribution >= 4 is 40.2 Å². The number of benzene rings is 2. The molecule has 0 spiro atoms. The Hall–Kier alpha value is -4.47. The summed E-state index contributed by atoms with van der Waals surface area (Å²) in [7, 11) is 0. The van der Waals surface area contributed by atoms with E-state index in [2.05, 4.69) is 10.6 Å². The zero-order valence-corrected chi connectivity index (χ0v) is 22.8. The third-order valence-electron chi connectivity index (χ3n) is 6.48. The zero-order valence-electron chi connectivity index (χ0n) is 22.8. The van der Waals surface area contributed by atoms with Gasteiger partial charge in [0.2, 0.25) is 5.91 Å². The summed E-state index contributed by atoms with van der Waals surface area (Å²) in [6.07, 6.45) is 0.835. The van der Waals surface area contributed by atoms with Crippen LogP contribution in [0.5, 0.6) is 0 Å². The van der Waals surface area contributed by atoms with E-state index < -0.39 is 17.7 Å². The molecule has 40 heavy (non-hydrogen) atoms. The minimum Gasteiger partial charge on any atom is -0.481 e. The monoisotopic (exact) mass is 547 g/mol. The summed E-state index contributed by atoms with van der Waals surface area (Å²) in [5.74, 6) is -1.37. The first-order chi connectivity index (χ1) is 19.0. The molecule has 0 atom stereocenters. The van der Waals surface area contributed by atoms with Crippen LogP contribution < -0.4 is 16.2 Å². The van der Waals surface area contributed by atoms with Gasteiger partial charge in [0.05, 0.1) is 16.6 Å². The fourth-order valence-electron chi connectivity index (χ4n) is 4.80. The minimum atomic E-state index is -0.906. The third kappa shape index (κ3) is 6.39. The average molecular weight is 548 g/mol. The second-order valence-corrected chi connectivity index (χ2v) is 10.7. The van der Waals surface area contributed by atoms with E-state index in [9.17, 15) is 24.0 Å². The molecule has 2 aromatic carbocycles. The molecule has 0 saturated carbocycles. The van der Waals surface area contributed by atoms with Crippen molar-refractivity contribution in [1.29, 1.82) is 0 Å². The lowest BCUT2D eigenvalue weighted by Crippen LogP contribution is -2.33. The molecule has 0 saturated heterocycles. The number of carboxylic acids is 1. The summed E-state index contributed by atoms with van der Waals surface area (Å²) < 4.78 is 6.83. The number of alkyl carbamates (subject to hydrolysis) is 1. The largest absolute Gasteiger partial charge is 0.481 e. The van der Waals surface area contributed by atoms with E-state index in [0.29, 0.717) is 58.1 Å². The number of aliphatic carboxylic acids is 1. The van der Waals surface area contributed by atoms with Crippen LogP contribution in [0.15, 0.2) is 47.3 Å². The fraction of sp³-hybridized carbons (Fsp3) is 0.367. The highest BCUT2D eigenvalue weighted by Gasteiger charge is 2.32. The Kier molecular flexibility index (Phi) is 8.37. The maximum atomic E-state index is 13.8. The van der Waals surface area contributed by atoms with Crippen LogP contribution in [-0.2, 0) is 20.9 Å². The summed E-state index contributed by atoms with van der Waals surface area (Å²) in [5.41, 5.74) is 1.65. The Bertz CT molecular complexity index is 1550. The zero-order chi connectivity index (χ0) is 29.0. The molecule has 1 heterocycles. The van der Waals surface area contributed by atoms with Crippen LogP contribution in [0.4, 0.5) is 10.5 Å². The predicted octanol–water partition coefficient (Wildman–Crippen LogP) is 4.71. The van der Waals surface area contributed by atoms with E-state index >= 15 is 0 Å². The first-order valence-electron chi connectivity index (χ1n) is 13.3. The van der Waals surface area contributed by atoms with Gasteiger partial charge in [0, 0.05) is 48.1 Å². The van der Waals surface area contributed by atoms with Crippen LogP contribution in [0, 0.1) is 0 Å². The quantitative estimate of drug-likeness (QED) is 0.244. The Balaban J connectivity index is 1.62. The minimum absolute atomic E-state index is 0.00236. The molecule has 0 bridgehead atoms. The van der Waals surface area contributed by atoms with Crippen LogP contribution in [0.2, 0.25) is 0 Å². The maximum Gasteiger partial charge on any atom is 0.407 e. The maximum absolute atomic E-state index is 13.8. The molecule has 10 nitrogen and oxygen atoms in total. The van der Waals surface area contributed by atoms with E-state index in [-0.39, 0.29) is 43.2 Å². The standard InChI is InChI=1S/C30H33N3O7/c1-30(2,3)40-29(39)31-15-8-16-33-26-20-9-4-5-10-21(20)27(37)25(26)19-14-13-18(17-22(19)28(33)38)32-23(34)11-6-7-12-24(35)36/h4-5,9-10,13-14,17H,6-8,11-12,15-16H2,1-3H3,(H,31,39)(H,32,34)(H,35,36). The van der Waals surface area contributed by atoms with Gasteiger partial charge in [-0.25, -0.2) is 4.79 Å². The fourth-order valence-corrected chi connectivity index (χ4v) is 4.80. The second kappa shape index (κ2) is 11.7. The van der Waals surface area contributed by atoms with E-state index in [0.717, 1.165) is 0 Å². The number of anilines is 1. The van der Waals surface area contributed by atoms with Crippen LogP contribution in [0.1, 0.15) is 68.8 Å². The van der Waals surface area contributed by atoms with Gasteiger partial charge in [0.1, 0.15) is 5.60 Å². The number of nitrogens with zero attached hydrogens (tertiary/aromatic N) is 1. The van der Waals surface area contributed by atoms with Crippen molar-refractivity contribution in [3.63, 3.8) is 0 Å². The molecule has 1 aliphatic rings. The van der Waals surface area contributed by atoms with E-state index in [1.165, 1.54) is 0 Å². The number of hydrogen-bond donors (Lipinski definition) is 3. The van der Waals surface area contributed by atoms with E-state index in [1.807, 2.05) is 12.1 Å². The molecule has 0 aliphatic heterocycles. The van der Waals surface area contributed by atoms with Gasteiger partial charge in [-0.15, -0.1) is 0 Å². The highest BCUT2D eigenvalue weighted by atomic mass is 16.6. The summed E-state index contributed by atoms with van der Waals surface area (Å²) in [4.78, 5) is 62.4. The second-order valence-electron chi connectivity index (χ2n) is 10.7. The molecule has 1 aromatic heterocycles. The molecule has 0 fully saturated rings. The molecular formula is C30H33N3O7. The van der Waals surface area contributed by atoms with Crippen molar-refractivity contribution in [2.75, 3.05) is 11.9 Å². The molecule has 2 amide bonds. The van der Waals surface area contributed by atoms with Gasteiger partial charge in [0.25, 0.3) is 5.56 Å². The number of nitrogens with one attached hydrogen (secondary N) is 2. The molecule has 210 valence electrons. The topological polar surface area (TPSA) is 144 Å². The molecule has 0 radical (unpaired) electrons. The smallest absolute Gasteiger partial charge is 0.407 e. The number of pyridine rings is 1. The number of fused-ring (bicyclic) bond motifs is 5. The summed E-state index contributed by atoms with van der Waals surface area (Å²) >= 11 is 0. The van der Waals surface area contributed by atoms with Crippen molar-refractivity contribution in [3.8, 4) is 11.3 Å². The normalized spacial score (nSPS) is 12.1. The Morgan fingerprint density at radius 3 is 2.33 bits per heavy atom. The van der Waals surface area contributed by atoms with Crippen molar-refractivity contribution < 1.29 is 29.0 Å². The van der Waals surface area contributed by atoms with Gasteiger partial charge in [0.15, 0.2) is 5.78 Å². The van der Waals surface area contributed by atoms with Crippen LogP contribution in [-0.4, -0.2) is 45.6 Å². The van der Waals surface area contributed by atoms with Crippen LogP contribution >= 0.6 is 0 Å². The number of rotatable bonds is 10. The number of aromatic nitrogens is 1. The number of unbranched alkanes of at least 4 members (excludes halogenated alkanes) is 1. The number of ether oxygens (including phenoxy) is 1. The van der Waals surface area contributed by atoms with Gasteiger partial charge in [-0.1, -0.05) is 30.3 Å². The molecule has 4 rings (SSSR count). The van der Waals surface area contributed by atoms with Gasteiger partial charge >= 0.3 is 12.1 Å².